The predicted octanol–water partition coefficient (Wildman–Crippen LogP) is 5.17. The minimum Gasteiger partial charge on any atom is -0.508 e. The minimum atomic E-state index is -0.251. The fourth-order valence-corrected chi connectivity index (χ4v) is 4.14. The number of phenolic OH excluding ortho intramolecular Hbond substituents is 1. The molecule has 0 spiro atoms. The molecule has 2 heterocycles. The van der Waals surface area contributed by atoms with Crippen molar-refractivity contribution >= 4 is 27.4 Å². The van der Waals surface area contributed by atoms with E-state index in [9.17, 15) is 9.50 Å². The molecule has 0 aliphatic carbocycles. The quantitative estimate of drug-likeness (QED) is 0.502. The normalized spacial score (nSPS) is 11.0. The number of halogens is 1. The molecule has 2 N–H and O–H groups in total. The molecule has 0 unspecified atom stereocenters. The fraction of sp³-hybridized carbons (Fsp3) is 0.143. The molecule has 0 bridgehead atoms. The van der Waals surface area contributed by atoms with Gasteiger partial charge in [0, 0.05) is 17.0 Å². The number of aromatic nitrogens is 2. The van der Waals surface area contributed by atoms with Gasteiger partial charge in [0.1, 0.15) is 28.5 Å². The predicted molar refractivity (Wildman–Crippen MR) is 108 cm³/mol. The van der Waals surface area contributed by atoms with Crippen molar-refractivity contribution in [2.24, 2.45) is 0 Å². The summed E-state index contributed by atoms with van der Waals surface area (Å²) in [6.45, 7) is 2.75. The van der Waals surface area contributed by atoms with Crippen molar-refractivity contribution in [1.82, 2.24) is 9.97 Å². The van der Waals surface area contributed by atoms with Crippen molar-refractivity contribution in [3.63, 3.8) is 0 Å². The third-order valence-electron chi connectivity index (χ3n) is 4.44. The van der Waals surface area contributed by atoms with Gasteiger partial charge < -0.3 is 10.4 Å². The van der Waals surface area contributed by atoms with Crippen LogP contribution in [0, 0.1) is 12.7 Å². The van der Waals surface area contributed by atoms with E-state index in [2.05, 4.69) is 15.3 Å². The second-order valence-corrected chi connectivity index (χ2v) is 7.49. The number of nitrogens with zero attached hydrogens (tertiary/aromatic N) is 2. The summed E-state index contributed by atoms with van der Waals surface area (Å²) in [5.74, 6) is 0.795. The Labute approximate surface area is 160 Å². The third-order valence-corrected chi connectivity index (χ3v) is 5.45. The molecule has 0 aliphatic rings. The molecule has 2 aromatic heterocycles. The molecule has 27 heavy (non-hydrogen) atoms. The number of benzene rings is 2. The second-order valence-electron chi connectivity index (χ2n) is 6.29. The molecule has 4 aromatic rings. The summed E-state index contributed by atoms with van der Waals surface area (Å²) in [6.07, 6.45) is 2.37. The van der Waals surface area contributed by atoms with Crippen LogP contribution in [-0.2, 0) is 6.42 Å². The summed E-state index contributed by atoms with van der Waals surface area (Å²) in [7, 11) is 0. The summed E-state index contributed by atoms with van der Waals surface area (Å²) >= 11 is 1.61. The van der Waals surface area contributed by atoms with E-state index < -0.39 is 0 Å². The number of fused-ring (bicyclic) bond motifs is 1. The zero-order valence-corrected chi connectivity index (χ0v) is 15.6. The maximum Gasteiger partial charge on any atom is 0.138 e. The van der Waals surface area contributed by atoms with E-state index in [4.69, 9.17) is 0 Å². The fourth-order valence-electron chi connectivity index (χ4n) is 3.13. The Morgan fingerprint density at radius 2 is 1.78 bits per heavy atom. The van der Waals surface area contributed by atoms with Crippen molar-refractivity contribution in [3.05, 3.63) is 71.1 Å². The van der Waals surface area contributed by atoms with Gasteiger partial charge in [-0.25, -0.2) is 14.4 Å². The number of aryl methyl sites for hydroxylation is 1. The molecule has 4 nitrogen and oxygen atoms in total. The molecule has 136 valence electrons. The molecule has 0 amide bonds. The molecule has 0 fully saturated rings. The van der Waals surface area contributed by atoms with E-state index in [0.717, 1.165) is 44.0 Å². The van der Waals surface area contributed by atoms with Crippen molar-refractivity contribution in [2.45, 2.75) is 13.3 Å². The Balaban J connectivity index is 1.64. The maximum atomic E-state index is 13.3. The van der Waals surface area contributed by atoms with Gasteiger partial charge in [-0.3, -0.25) is 0 Å². The lowest BCUT2D eigenvalue weighted by Gasteiger charge is -2.09. The average Bonchev–Trinajstić information content (AvgIpc) is 3.01. The van der Waals surface area contributed by atoms with Crippen LogP contribution in [-0.4, -0.2) is 21.6 Å². The molecule has 0 saturated carbocycles. The number of hydrogen-bond acceptors (Lipinski definition) is 5. The summed E-state index contributed by atoms with van der Waals surface area (Å²) in [5.41, 5.74) is 3.13. The van der Waals surface area contributed by atoms with Gasteiger partial charge in [0.2, 0.25) is 0 Å². The maximum absolute atomic E-state index is 13.3. The SMILES string of the molecule is Cc1sc2ncnc(NCCc3ccc(O)cc3)c2c1-c1ccc(F)cc1. The Bertz CT molecular complexity index is 1080. The molecular weight excluding hydrogens is 361 g/mol. The standard InChI is InChI=1S/C21H18FN3OS/c1-13-18(15-4-6-16(22)7-5-15)19-20(24-12-25-21(19)27-13)23-11-10-14-2-8-17(26)9-3-14/h2-9,12,26H,10-11H2,1H3,(H,23,24,25). The highest BCUT2D eigenvalue weighted by atomic mass is 32.1. The van der Waals surface area contributed by atoms with E-state index >= 15 is 0 Å². The van der Waals surface area contributed by atoms with Crippen LogP contribution in [0.15, 0.2) is 54.9 Å². The Morgan fingerprint density at radius 3 is 2.52 bits per heavy atom. The molecule has 0 saturated heterocycles. The topological polar surface area (TPSA) is 58.0 Å². The highest BCUT2D eigenvalue weighted by Gasteiger charge is 2.16. The van der Waals surface area contributed by atoms with E-state index in [0.29, 0.717) is 6.54 Å². The van der Waals surface area contributed by atoms with Crippen molar-refractivity contribution in [3.8, 4) is 16.9 Å². The van der Waals surface area contributed by atoms with Gasteiger partial charge in [0.25, 0.3) is 0 Å². The number of hydrogen-bond donors (Lipinski definition) is 2. The zero-order valence-electron chi connectivity index (χ0n) is 14.7. The minimum absolute atomic E-state index is 0.251. The van der Waals surface area contributed by atoms with Crippen molar-refractivity contribution < 1.29 is 9.50 Å². The number of phenols is 1. The van der Waals surface area contributed by atoms with Gasteiger partial charge >= 0.3 is 0 Å². The molecule has 0 radical (unpaired) electrons. The Morgan fingerprint density at radius 1 is 1.04 bits per heavy atom. The molecular formula is C21H18FN3OS. The van der Waals surface area contributed by atoms with Gasteiger partial charge in [-0.1, -0.05) is 24.3 Å². The van der Waals surface area contributed by atoms with E-state index in [1.165, 1.54) is 12.1 Å². The van der Waals surface area contributed by atoms with E-state index in [-0.39, 0.29) is 11.6 Å². The number of rotatable bonds is 5. The Hall–Kier alpha value is -2.99. The summed E-state index contributed by atoms with van der Waals surface area (Å²) in [6, 6.07) is 13.7. The average molecular weight is 379 g/mol. The van der Waals surface area contributed by atoms with Crippen LogP contribution >= 0.6 is 11.3 Å². The second kappa shape index (κ2) is 7.32. The largest absolute Gasteiger partial charge is 0.508 e. The van der Waals surface area contributed by atoms with Gasteiger partial charge in [-0.15, -0.1) is 11.3 Å². The lowest BCUT2D eigenvalue weighted by Crippen LogP contribution is -2.07. The molecule has 6 heteroatoms. The van der Waals surface area contributed by atoms with E-state index in [1.54, 1.807) is 41.9 Å². The summed E-state index contributed by atoms with van der Waals surface area (Å²) in [4.78, 5) is 10.9. The number of nitrogens with one attached hydrogen (secondary N) is 1. The van der Waals surface area contributed by atoms with Crippen molar-refractivity contribution in [2.75, 3.05) is 11.9 Å². The third kappa shape index (κ3) is 3.61. The first-order chi connectivity index (χ1) is 13.1. The van der Waals surface area contributed by atoms with Gasteiger partial charge in [0.05, 0.1) is 5.39 Å². The highest BCUT2D eigenvalue weighted by Crippen LogP contribution is 2.40. The number of thiophene rings is 1. The van der Waals surface area contributed by atoms with Gasteiger partial charge in [-0.2, -0.15) is 0 Å². The molecule has 4 rings (SSSR count). The number of aromatic hydroxyl groups is 1. The lowest BCUT2D eigenvalue weighted by atomic mass is 10.0. The first-order valence-corrected chi connectivity index (χ1v) is 9.45. The monoisotopic (exact) mass is 379 g/mol. The first kappa shape index (κ1) is 17.4. The van der Waals surface area contributed by atoms with Crippen LogP contribution in [0.25, 0.3) is 21.3 Å². The van der Waals surface area contributed by atoms with E-state index in [1.807, 2.05) is 19.1 Å². The first-order valence-electron chi connectivity index (χ1n) is 8.63. The number of anilines is 1. The molecule has 0 aliphatic heterocycles. The van der Waals surface area contributed by atoms with Crippen LogP contribution in [0.2, 0.25) is 0 Å². The zero-order chi connectivity index (χ0) is 18.8. The van der Waals surface area contributed by atoms with Crippen LogP contribution in [0.1, 0.15) is 10.4 Å². The smallest absolute Gasteiger partial charge is 0.138 e. The van der Waals surface area contributed by atoms with Crippen LogP contribution < -0.4 is 5.32 Å². The lowest BCUT2D eigenvalue weighted by molar-refractivity contribution is 0.475. The van der Waals surface area contributed by atoms with Crippen LogP contribution in [0.4, 0.5) is 10.2 Å². The Kier molecular flexibility index (Phi) is 4.73. The van der Waals surface area contributed by atoms with Gasteiger partial charge in [0.15, 0.2) is 0 Å². The van der Waals surface area contributed by atoms with Crippen LogP contribution in [0.5, 0.6) is 5.75 Å². The highest BCUT2D eigenvalue weighted by molar-refractivity contribution is 7.19. The molecule has 2 aromatic carbocycles. The van der Waals surface area contributed by atoms with Gasteiger partial charge in [-0.05, 0) is 48.7 Å². The molecule has 0 atom stereocenters. The van der Waals surface area contributed by atoms with Crippen molar-refractivity contribution in [1.29, 1.82) is 0 Å². The summed E-state index contributed by atoms with van der Waals surface area (Å²) in [5, 5.41) is 13.8. The summed E-state index contributed by atoms with van der Waals surface area (Å²) < 4.78 is 13.3. The van der Waals surface area contributed by atoms with Crippen LogP contribution in [0.3, 0.4) is 0 Å².